The molecular weight excluding hydrogens is 283 g/mol. The molecule has 0 atom stereocenters. The first-order valence-corrected chi connectivity index (χ1v) is 8.77. The Morgan fingerprint density at radius 3 is 1.82 bits per heavy atom. The van der Waals surface area contributed by atoms with E-state index >= 15 is 0 Å². The molecule has 0 fully saturated rings. The van der Waals surface area contributed by atoms with Gasteiger partial charge in [0.2, 0.25) is 0 Å². The van der Waals surface area contributed by atoms with E-state index in [1.54, 1.807) is 0 Å². The van der Waals surface area contributed by atoms with Gasteiger partial charge in [-0.2, -0.15) is 0 Å². The van der Waals surface area contributed by atoms with E-state index in [1.807, 2.05) is 6.08 Å². The number of aryl methyl sites for hydroxylation is 1. The van der Waals surface area contributed by atoms with E-state index < -0.39 is 7.92 Å². The number of rotatable bonds is 4. The highest BCUT2D eigenvalue weighted by molar-refractivity contribution is 7.79. The summed E-state index contributed by atoms with van der Waals surface area (Å²) >= 11 is 0. The van der Waals surface area contributed by atoms with Crippen LogP contribution in [0.1, 0.15) is 11.1 Å². The molecule has 0 bridgehead atoms. The van der Waals surface area contributed by atoms with E-state index in [9.17, 15) is 0 Å². The standard InChI is InChI=1S/C21H19P/c1-3-18-15-14-17(2)21(16-18)22(19-10-6-4-7-11-19)20-12-8-5-9-13-20/h3-16H,1H2,2H3. The van der Waals surface area contributed by atoms with Crippen molar-refractivity contribution in [2.24, 2.45) is 0 Å². The van der Waals surface area contributed by atoms with Crippen molar-refractivity contribution >= 4 is 29.9 Å². The molecule has 3 rings (SSSR count). The van der Waals surface area contributed by atoms with Crippen LogP contribution in [0.5, 0.6) is 0 Å². The molecule has 0 radical (unpaired) electrons. The number of benzene rings is 3. The molecule has 0 nitrogen and oxygen atoms in total. The molecule has 1 heteroatoms. The van der Waals surface area contributed by atoms with E-state index in [0.29, 0.717) is 0 Å². The lowest BCUT2D eigenvalue weighted by molar-refractivity contribution is 1.51. The minimum atomic E-state index is -0.537. The SMILES string of the molecule is C=Cc1ccc(C)c(P(c2ccccc2)c2ccccc2)c1. The second-order valence-electron chi connectivity index (χ2n) is 5.26. The van der Waals surface area contributed by atoms with Crippen LogP contribution in [-0.4, -0.2) is 0 Å². The second kappa shape index (κ2) is 6.73. The monoisotopic (exact) mass is 302 g/mol. The van der Waals surface area contributed by atoms with Crippen molar-refractivity contribution in [2.75, 3.05) is 0 Å². The number of hydrogen-bond acceptors (Lipinski definition) is 0. The van der Waals surface area contributed by atoms with E-state index in [0.717, 1.165) is 0 Å². The van der Waals surface area contributed by atoms with Crippen LogP contribution in [0.25, 0.3) is 6.08 Å². The molecule has 22 heavy (non-hydrogen) atoms. The van der Waals surface area contributed by atoms with Crippen LogP contribution >= 0.6 is 7.92 Å². The Morgan fingerprint density at radius 1 is 0.773 bits per heavy atom. The molecule has 0 saturated carbocycles. The first-order chi connectivity index (χ1) is 10.8. The first-order valence-electron chi connectivity index (χ1n) is 7.43. The summed E-state index contributed by atoms with van der Waals surface area (Å²) in [7, 11) is -0.537. The quantitative estimate of drug-likeness (QED) is 0.627. The van der Waals surface area contributed by atoms with Crippen molar-refractivity contribution in [1.29, 1.82) is 0 Å². The van der Waals surface area contributed by atoms with Gasteiger partial charge in [0.15, 0.2) is 0 Å². The molecule has 108 valence electrons. The van der Waals surface area contributed by atoms with Crippen LogP contribution in [0.3, 0.4) is 0 Å². The average molecular weight is 302 g/mol. The van der Waals surface area contributed by atoms with Gasteiger partial charge in [0.05, 0.1) is 0 Å². The Labute approximate surface area is 133 Å². The maximum atomic E-state index is 3.91. The zero-order valence-electron chi connectivity index (χ0n) is 12.7. The van der Waals surface area contributed by atoms with E-state index in [-0.39, 0.29) is 0 Å². The van der Waals surface area contributed by atoms with E-state index in [2.05, 4.69) is 92.4 Å². The molecule has 0 spiro atoms. The largest absolute Gasteiger partial charge is 0.0985 e. The van der Waals surface area contributed by atoms with Gasteiger partial charge in [-0.3, -0.25) is 0 Å². The van der Waals surface area contributed by atoms with Crippen molar-refractivity contribution < 1.29 is 0 Å². The van der Waals surface area contributed by atoms with Gasteiger partial charge in [-0.1, -0.05) is 85.5 Å². The van der Waals surface area contributed by atoms with Crippen LogP contribution < -0.4 is 15.9 Å². The fraction of sp³-hybridized carbons (Fsp3) is 0.0476. The molecule has 0 aliphatic rings. The Bertz CT molecular complexity index is 721. The smallest absolute Gasteiger partial charge is 0.0116 e. The molecule has 0 saturated heterocycles. The molecule has 0 aliphatic heterocycles. The van der Waals surface area contributed by atoms with Gasteiger partial charge in [-0.05, 0) is 48.0 Å². The van der Waals surface area contributed by atoms with Gasteiger partial charge in [0, 0.05) is 0 Å². The predicted octanol–water partition coefficient (Wildman–Crippen LogP) is 4.40. The summed E-state index contributed by atoms with van der Waals surface area (Å²) in [6.07, 6.45) is 1.92. The van der Waals surface area contributed by atoms with Gasteiger partial charge in [0.1, 0.15) is 0 Å². The van der Waals surface area contributed by atoms with Gasteiger partial charge in [-0.15, -0.1) is 0 Å². The molecule has 0 aromatic heterocycles. The zero-order valence-corrected chi connectivity index (χ0v) is 13.6. The summed E-state index contributed by atoms with van der Waals surface area (Å²) in [5, 5.41) is 4.17. The highest BCUT2D eigenvalue weighted by atomic mass is 31.1. The summed E-state index contributed by atoms with van der Waals surface area (Å²) in [5.41, 5.74) is 2.52. The van der Waals surface area contributed by atoms with Crippen molar-refractivity contribution in [2.45, 2.75) is 6.92 Å². The highest BCUT2D eigenvalue weighted by Gasteiger charge is 2.18. The lowest BCUT2D eigenvalue weighted by Crippen LogP contribution is -2.22. The van der Waals surface area contributed by atoms with Crippen molar-refractivity contribution in [3.63, 3.8) is 0 Å². The second-order valence-corrected chi connectivity index (χ2v) is 7.44. The van der Waals surface area contributed by atoms with Crippen molar-refractivity contribution in [3.05, 3.63) is 96.6 Å². The van der Waals surface area contributed by atoms with Gasteiger partial charge in [0.25, 0.3) is 0 Å². The Balaban J connectivity index is 2.20. The van der Waals surface area contributed by atoms with Gasteiger partial charge in [-0.25, -0.2) is 0 Å². The fourth-order valence-electron chi connectivity index (χ4n) is 2.58. The van der Waals surface area contributed by atoms with Crippen LogP contribution in [0.2, 0.25) is 0 Å². The lowest BCUT2D eigenvalue weighted by atomic mass is 10.1. The number of hydrogen-bond donors (Lipinski definition) is 0. The molecule has 0 heterocycles. The summed E-state index contributed by atoms with van der Waals surface area (Å²) in [5.74, 6) is 0. The maximum absolute atomic E-state index is 3.91. The highest BCUT2D eigenvalue weighted by Crippen LogP contribution is 2.34. The summed E-state index contributed by atoms with van der Waals surface area (Å²) in [6.45, 7) is 6.11. The minimum absolute atomic E-state index is 0.537. The summed E-state index contributed by atoms with van der Waals surface area (Å²) < 4.78 is 0. The van der Waals surface area contributed by atoms with Crippen molar-refractivity contribution in [3.8, 4) is 0 Å². The average Bonchev–Trinajstić information content (AvgIpc) is 2.59. The van der Waals surface area contributed by atoms with Gasteiger partial charge >= 0.3 is 0 Å². The molecule has 0 N–H and O–H groups in total. The molecule has 0 unspecified atom stereocenters. The summed E-state index contributed by atoms with van der Waals surface area (Å²) in [6, 6.07) is 28.2. The van der Waals surface area contributed by atoms with E-state index in [4.69, 9.17) is 0 Å². The van der Waals surface area contributed by atoms with Gasteiger partial charge < -0.3 is 0 Å². The molecular formula is C21H19P. The van der Waals surface area contributed by atoms with Crippen LogP contribution in [-0.2, 0) is 0 Å². The third-order valence-corrected chi connectivity index (χ3v) is 6.33. The minimum Gasteiger partial charge on any atom is -0.0985 e. The third-order valence-electron chi connectivity index (χ3n) is 3.74. The predicted molar refractivity (Wildman–Crippen MR) is 100.0 cm³/mol. The topological polar surface area (TPSA) is 0 Å². The lowest BCUT2D eigenvalue weighted by Gasteiger charge is -2.21. The molecule has 0 aliphatic carbocycles. The van der Waals surface area contributed by atoms with E-state index in [1.165, 1.54) is 27.0 Å². The zero-order chi connectivity index (χ0) is 15.4. The van der Waals surface area contributed by atoms with Crippen LogP contribution in [0.4, 0.5) is 0 Å². The normalized spacial score (nSPS) is 10.6. The Kier molecular flexibility index (Phi) is 4.51. The molecule has 0 amide bonds. The fourth-order valence-corrected chi connectivity index (χ4v) is 5.08. The van der Waals surface area contributed by atoms with Crippen molar-refractivity contribution in [1.82, 2.24) is 0 Å². The molecule has 3 aromatic rings. The molecule has 3 aromatic carbocycles. The Hall–Kier alpha value is -2.17. The van der Waals surface area contributed by atoms with Crippen LogP contribution in [0.15, 0.2) is 85.4 Å². The Morgan fingerprint density at radius 2 is 1.32 bits per heavy atom. The van der Waals surface area contributed by atoms with Crippen LogP contribution in [0, 0.1) is 6.92 Å². The summed E-state index contributed by atoms with van der Waals surface area (Å²) in [4.78, 5) is 0. The first kappa shape index (κ1) is 14.8. The third kappa shape index (κ3) is 3.03. The maximum Gasteiger partial charge on any atom is -0.0116 e.